The van der Waals surface area contributed by atoms with E-state index in [4.69, 9.17) is 0 Å². The molecule has 2 N–H and O–H groups in total. The summed E-state index contributed by atoms with van der Waals surface area (Å²) in [5.41, 5.74) is -0.156. The van der Waals surface area contributed by atoms with E-state index in [2.05, 4.69) is 31.3 Å². The second kappa shape index (κ2) is 7.19. The summed E-state index contributed by atoms with van der Waals surface area (Å²) in [4.78, 5) is 23.2. The predicted octanol–water partition coefficient (Wildman–Crippen LogP) is 4.16. The molecule has 0 atom stereocenters. The lowest BCUT2D eigenvalue weighted by molar-refractivity contribution is 0.102. The Morgan fingerprint density at radius 3 is 2.43 bits per heavy atom. The molecule has 8 heteroatoms. The van der Waals surface area contributed by atoms with E-state index >= 15 is 0 Å². The zero-order valence-electron chi connectivity index (χ0n) is 11.8. The van der Waals surface area contributed by atoms with Gasteiger partial charge in [-0.3, -0.25) is 10.1 Å². The summed E-state index contributed by atoms with van der Waals surface area (Å²) in [6, 6.07) is 7.52. The molecule has 23 heavy (non-hydrogen) atoms. The number of amides is 2. The van der Waals surface area contributed by atoms with Crippen LogP contribution in [0.25, 0.3) is 0 Å². The van der Waals surface area contributed by atoms with Crippen LogP contribution in [-0.4, -0.2) is 19.1 Å². The van der Waals surface area contributed by atoms with E-state index in [1.165, 1.54) is 24.3 Å². The fraction of sp³-hybridized carbons (Fsp3) is 0.0667. The first-order valence-electron chi connectivity index (χ1n) is 6.31. The first-order chi connectivity index (χ1) is 10.9. The van der Waals surface area contributed by atoms with Gasteiger partial charge in [0.25, 0.3) is 5.91 Å². The van der Waals surface area contributed by atoms with Crippen LogP contribution in [0.2, 0.25) is 0 Å². The second-order valence-corrected chi connectivity index (χ2v) is 5.31. The zero-order valence-corrected chi connectivity index (χ0v) is 13.4. The van der Waals surface area contributed by atoms with Crippen molar-refractivity contribution >= 4 is 39.3 Å². The van der Waals surface area contributed by atoms with Gasteiger partial charge >= 0.3 is 6.09 Å². The van der Waals surface area contributed by atoms with Gasteiger partial charge in [0.2, 0.25) is 0 Å². The molecule has 0 aliphatic rings. The van der Waals surface area contributed by atoms with E-state index < -0.39 is 23.6 Å². The third-order valence-corrected chi connectivity index (χ3v) is 3.32. The summed E-state index contributed by atoms with van der Waals surface area (Å²) in [5, 5.41) is 4.59. The van der Waals surface area contributed by atoms with Crippen LogP contribution in [-0.2, 0) is 4.74 Å². The van der Waals surface area contributed by atoms with E-state index in [-0.39, 0.29) is 16.9 Å². The number of methoxy groups -OCH3 is 1. The molecule has 0 bridgehead atoms. The molecule has 0 spiro atoms. The summed E-state index contributed by atoms with van der Waals surface area (Å²) in [6.07, 6.45) is -0.855. The average molecular weight is 385 g/mol. The number of carbonyl (C=O) groups is 2. The lowest BCUT2D eigenvalue weighted by Gasteiger charge is -2.10. The van der Waals surface area contributed by atoms with Gasteiger partial charge in [-0.05, 0) is 36.4 Å². The van der Waals surface area contributed by atoms with Crippen LogP contribution >= 0.6 is 15.9 Å². The van der Waals surface area contributed by atoms with Gasteiger partial charge in [0.15, 0.2) is 0 Å². The van der Waals surface area contributed by atoms with Crippen molar-refractivity contribution in [3.63, 3.8) is 0 Å². The zero-order chi connectivity index (χ0) is 17.0. The van der Waals surface area contributed by atoms with Gasteiger partial charge in [-0.1, -0.05) is 15.9 Å². The fourth-order valence-electron chi connectivity index (χ4n) is 1.73. The third kappa shape index (κ3) is 4.26. The van der Waals surface area contributed by atoms with E-state index in [1.54, 1.807) is 0 Å². The normalized spacial score (nSPS) is 10.1. The number of ether oxygens (including phenoxy) is 1. The van der Waals surface area contributed by atoms with Crippen molar-refractivity contribution in [1.82, 2.24) is 0 Å². The van der Waals surface area contributed by atoms with Crippen LogP contribution in [0.15, 0.2) is 40.9 Å². The minimum atomic E-state index is -0.855. The van der Waals surface area contributed by atoms with Crippen molar-refractivity contribution in [3.05, 3.63) is 58.1 Å². The lowest BCUT2D eigenvalue weighted by atomic mass is 10.2. The maximum atomic E-state index is 13.7. The Kier molecular flexibility index (Phi) is 5.28. The van der Waals surface area contributed by atoms with E-state index in [0.29, 0.717) is 4.47 Å². The van der Waals surface area contributed by atoms with Gasteiger partial charge in [-0.2, -0.15) is 0 Å². The molecule has 0 aliphatic carbocycles. The highest BCUT2D eigenvalue weighted by Crippen LogP contribution is 2.21. The van der Waals surface area contributed by atoms with Gasteiger partial charge in [0.1, 0.15) is 11.6 Å². The molecule has 2 aromatic rings. The van der Waals surface area contributed by atoms with Crippen LogP contribution in [0.3, 0.4) is 0 Å². The molecule has 0 fully saturated rings. The van der Waals surface area contributed by atoms with E-state index in [9.17, 15) is 18.4 Å². The largest absolute Gasteiger partial charge is 0.453 e. The standard InChI is InChI=1S/C15H11BrF2N2O3/c1-23-15(22)20-13-7-9(3-5-11(13)17)19-14(21)10-4-2-8(16)6-12(10)18/h2-7H,1H3,(H,19,21)(H,20,22). The summed E-state index contributed by atoms with van der Waals surface area (Å²) >= 11 is 3.09. The number of benzene rings is 2. The minimum Gasteiger partial charge on any atom is -0.453 e. The molecule has 0 radical (unpaired) electrons. The maximum absolute atomic E-state index is 13.7. The molecule has 0 heterocycles. The smallest absolute Gasteiger partial charge is 0.411 e. The van der Waals surface area contributed by atoms with Crippen molar-refractivity contribution in [3.8, 4) is 0 Å². The molecular formula is C15H11BrF2N2O3. The highest BCUT2D eigenvalue weighted by Gasteiger charge is 2.14. The summed E-state index contributed by atoms with van der Waals surface area (Å²) in [7, 11) is 1.13. The van der Waals surface area contributed by atoms with Gasteiger partial charge in [-0.15, -0.1) is 0 Å². The van der Waals surface area contributed by atoms with Crippen molar-refractivity contribution in [2.75, 3.05) is 17.7 Å². The number of hydrogen-bond acceptors (Lipinski definition) is 3. The topological polar surface area (TPSA) is 67.4 Å². The number of halogens is 3. The molecule has 2 rings (SSSR count). The van der Waals surface area contributed by atoms with Crippen molar-refractivity contribution in [2.45, 2.75) is 0 Å². The Hall–Kier alpha value is -2.48. The number of hydrogen-bond donors (Lipinski definition) is 2. The molecule has 2 aromatic carbocycles. The molecule has 0 saturated carbocycles. The van der Waals surface area contributed by atoms with Gasteiger partial charge < -0.3 is 10.1 Å². The van der Waals surface area contributed by atoms with Crippen LogP contribution in [0, 0.1) is 11.6 Å². The summed E-state index contributed by atoms with van der Waals surface area (Å²) in [6.45, 7) is 0. The molecule has 5 nitrogen and oxygen atoms in total. The molecule has 0 aromatic heterocycles. The van der Waals surface area contributed by atoms with Gasteiger partial charge in [-0.25, -0.2) is 13.6 Å². The quantitative estimate of drug-likeness (QED) is 0.834. The van der Waals surface area contributed by atoms with Gasteiger partial charge in [0, 0.05) is 10.2 Å². The Morgan fingerprint density at radius 2 is 1.78 bits per heavy atom. The highest BCUT2D eigenvalue weighted by atomic mass is 79.9. The maximum Gasteiger partial charge on any atom is 0.411 e. The first kappa shape index (κ1) is 16.9. The minimum absolute atomic E-state index is 0.167. The fourth-order valence-corrected chi connectivity index (χ4v) is 2.07. The predicted molar refractivity (Wildman–Crippen MR) is 84.5 cm³/mol. The number of anilines is 2. The Morgan fingerprint density at radius 1 is 1.04 bits per heavy atom. The third-order valence-electron chi connectivity index (χ3n) is 2.82. The summed E-state index contributed by atoms with van der Waals surface area (Å²) in [5.74, 6) is -2.11. The molecule has 0 aliphatic heterocycles. The van der Waals surface area contributed by atoms with Crippen molar-refractivity contribution in [2.24, 2.45) is 0 Å². The first-order valence-corrected chi connectivity index (χ1v) is 7.11. The number of nitrogens with one attached hydrogen (secondary N) is 2. The van der Waals surface area contributed by atoms with Crippen LogP contribution in [0.1, 0.15) is 10.4 Å². The Labute approximate surface area is 138 Å². The number of carbonyl (C=O) groups excluding carboxylic acids is 2. The van der Waals surface area contributed by atoms with E-state index in [0.717, 1.165) is 19.2 Å². The Balaban J connectivity index is 2.21. The molecular weight excluding hydrogens is 374 g/mol. The molecule has 0 saturated heterocycles. The van der Waals surface area contributed by atoms with Crippen LogP contribution < -0.4 is 10.6 Å². The summed E-state index contributed by atoms with van der Waals surface area (Å²) < 4.78 is 32.2. The van der Waals surface area contributed by atoms with Crippen molar-refractivity contribution < 1.29 is 23.1 Å². The van der Waals surface area contributed by atoms with Crippen LogP contribution in [0.4, 0.5) is 25.0 Å². The molecule has 120 valence electrons. The highest BCUT2D eigenvalue weighted by molar-refractivity contribution is 9.10. The SMILES string of the molecule is COC(=O)Nc1cc(NC(=O)c2ccc(Br)cc2F)ccc1F. The second-order valence-electron chi connectivity index (χ2n) is 4.39. The monoisotopic (exact) mass is 384 g/mol. The van der Waals surface area contributed by atoms with Crippen molar-refractivity contribution in [1.29, 1.82) is 0 Å². The molecule has 2 amide bonds. The van der Waals surface area contributed by atoms with Gasteiger partial charge in [0.05, 0.1) is 18.4 Å². The average Bonchev–Trinajstić information content (AvgIpc) is 2.50. The van der Waals surface area contributed by atoms with Crippen LogP contribution in [0.5, 0.6) is 0 Å². The molecule has 0 unspecified atom stereocenters. The Bertz CT molecular complexity index is 768. The number of rotatable bonds is 3. The lowest BCUT2D eigenvalue weighted by Crippen LogP contribution is -2.15. The van der Waals surface area contributed by atoms with E-state index in [1.807, 2.05) is 0 Å².